The minimum absolute atomic E-state index is 0.0721. The van der Waals surface area contributed by atoms with Crippen molar-refractivity contribution in [3.05, 3.63) is 367 Å². The minimum atomic E-state index is -0.588. The molecule has 564 valence electrons. The molecule has 1 aromatic heterocycles. The van der Waals surface area contributed by atoms with Gasteiger partial charge in [0.25, 0.3) is 6.71 Å². The summed E-state index contributed by atoms with van der Waals surface area (Å²) >= 11 is 0. The second kappa shape index (κ2) is 28.3. The molecule has 0 radical (unpaired) electrons. The molecule has 5 heteroatoms. The van der Waals surface area contributed by atoms with Gasteiger partial charge in [0, 0.05) is 73.1 Å². The molecule has 3 heterocycles. The first-order chi connectivity index (χ1) is 60.6. The molecule has 16 aromatic rings. The number of benzene rings is 15. The van der Waals surface area contributed by atoms with Crippen LogP contribution in [0.5, 0.6) is 0 Å². The summed E-state index contributed by atoms with van der Waals surface area (Å²) in [4.78, 5) is 6.69. The molecule has 115 heavy (non-hydrogen) atoms. The predicted molar refractivity (Wildman–Crippen MR) is 496 cm³/mol. The van der Waals surface area contributed by atoms with E-state index in [1.165, 1.54) is 26.8 Å². The van der Waals surface area contributed by atoms with Crippen molar-refractivity contribution in [2.45, 2.75) is 131 Å². The van der Waals surface area contributed by atoms with Gasteiger partial charge < -0.3 is 19.3 Å². The van der Waals surface area contributed by atoms with Crippen molar-refractivity contribution in [1.82, 2.24) is 4.57 Å². The van der Waals surface area contributed by atoms with Crippen LogP contribution in [0, 0.1) is 0 Å². The van der Waals surface area contributed by atoms with E-state index in [9.17, 15) is 11.0 Å². The van der Waals surface area contributed by atoms with E-state index in [2.05, 4.69) is 332 Å². The zero-order valence-electron chi connectivity index (χ0n) is 81.2. The normalized spacial score (nSPS) is 14.5. The molecule has 0 saturated carbocycles. The second-order valence-electron chi connectivity index (χ2n) is 36.2. The van der Waals surface area contributed by atoms with Gasteiger partial charge in [0.15, 0.2) is 0 Å². The Bertz CT molecular complexity index is 6950. The molecular formula is C110H101BN4. The summed E-state index contributed by atoms with van der Waals surface area (Å²) in [7, 11) is 0. The number of anilines is 9. The molecule has 0 spiro atoms. The van der Waals surface area contributed by atoms with Crippen molar-refractivity contribution in [3.8, 4) is 72.4 Å². The van der Waals surface area contributed by atoms with Crippen LogP contribution in [0.25, 0.3) is 94.3 Å². The maximum Gasteiger partial charge on any atom is 0.252 e. The number of para-hydroxylation sites is 3. The molecule has 0 bridgehead atoms. The Morgan fingerprint density at radius 1 is 0.270 bits per heavy atom. The zero-order valence-corrected chi connectivity index (χ0v) is 68.2. The average Bonchev–Trinajstić information content (AvgIpc) is 0.976. The highest BCUT2D eigenvalue weighted by molar-refractivity contribution is 7.00. The van der Waals surface area contributed by atoms with Crippen molar-refractivity contribution in [2.24, 2.45) is 0 Å². The zero-order chi connectivity index (χ0) is 90.9. The molecule has 4 nitrogen and oxygen atoms in total. The molecular weight excluding hydrogens is 1390 g/mol. The number of nitrogens with zero attached hydrogens (tertiary/aromatic N) is 4. The quantitative estimate of drug-likeness (QED) is 0.113. The van der Waals surface area contributed by atoms with Gasteiger partial charge in [0.1, 0.15) is 0 Å². The summed E-state index contributed by atoms with van der Waals surface area (Å²) in [5, 5.41) is -0.170. The second-order valence-corrected chi connectivity index (χ2v) is 36.2. The van der Waals surface area contributed by atoms with E-state index in [-0.39, 0.29) is 60.3 Å². The van der Waals surface area contributed by atoms with Gasteiger partial charge >= 0.3 is 0 Å². The van der Waals surface area contributed by atoms with Gasteiger partial charge in [-0.15, -0.1) is 0 Å². The van der Waals surface area contributed by atoms with Gasteiger partial charge in [-0.05, 0) is 236 Å². The summed E-state index contributed by atoms with van der Waals surface area (Å²) in [6, 6.07) is 86.4. The van der Waals surface area contributed by atoms with Gasteiger partial charge in [-0.25, -0.2) is 0 Å². The number of fused-ring (bicyclic) bond motifs is 7. The fourth-order valence-corrected chi connectivity index (χ4v) is 16.8. The topological polar surface area (TPSA) is 14.7 Å². The molecule has 15 aromatic carbocycles. The third-order valence-corrected chi connectivity index (χ3v) is 23.2. The average molecular weight is 1500 g/mol. The van der Waals surface area contributed by atoms with E-state index in [1.54, 1.807) is 29.2 Å². The number of aromatic nitrogens is 1. The van der Waals surface area contributed by atoms with Crippen LogP contribution in [0.4, 0.5) is 51.2 Å². The fraction of sp³-hybridized carbons (Fsp3) is 0.182. The van der Waals surface area contributed by atoms with E-state index in [4.69, 9.17) is 6.85 Å². The van der Waals surface area contributed by atoms with Crippen molar-refractivity contribution < 1.29 is 17.8 Å². The van der Waals surface area contributed by atoms with Crippen LogP contribution in [0.15, 0.2) is 339 Å². The lowest BCUT2D eigenvalue weighted by Gasteiger charge is -2.46. The summed E-state index contributed by atoms with van der Waals surface area (Å²) in [6.07, 6.45) is 0. The maximum absolute atomic E-state index is 10.1. The Morgan fingerprint density at radius 3 is 1.11 bits per heavy atom. The SMILES string of the molecule is [2H]c1c([2H])c([2H])c(N(c2ccc(-n3c4c([2H])c([2H])c([2H])c([2H])c4c4c([2H])c([2H])c([2H])c([2H])c43)cc2)c2ccc3c(c2)N(c2c(-c4ccccc4)cc(C(C)(C)C)cc2-c2ccccc2)c2cc(-c4cc(C(C)(C)C)cc(C(C)(C)C)c4)cc4c2B3c2ccc(-c3cc(C(C)(C)C)cc(C(C)(C)C)c3)cc2N4c2cc(-c3ccccc3)cc(-c3ccccc3)c2)c([2H])c1[2H]. The Morgan fingerprint density at radius 2 is 0.643 bits per heavy atom. The number of rotatable bonds is 12. The number of hydrogen-bond acceptors (Lipinski definition) is 3. The molecule has 2 aliphatic rings. The van der Waals surface area contributed by atoms with Crippen LogP contribution < -0.4 is 31.1 Å². The van der Waals surface area contributed by atoms with Crippen LogP contribution in [0.1, 0.15) is 149 Å². The third kappa shape index (κ3) is 13.7. The van der Waals surface area contributed by atoms with Crippen LogP contribution in [0.2, 0.25) is 0 Å². The molecule has 0 saturated heterocycles. The summed E-state index contributed by atoms with van der Waals surface area (Å²) in [5.74, 6) is 0. The first-order valence-corrected chi connectivity index (χ1v) is 40.0. The highest BCUT2D eigenvalue weighted by Crippen LogP contribution is 2.55. The molecule has 2 aliphatic heterocycles. The predicted octanol–water partition coefficient (Wildman–Crippen LogP) is 28.8. The van der Waals surface area contributed by atoms with E-state index >= 15 is 0 Å². The summed E-state index contributed by atoms with van der Waals surface area (Å²) < 4.78 is 123. The van der Waals surface area contributed by atoms with Gasteiger partial charge in [-0.2, -0.15) is 0 Å². The highest BCUT2D eigenvalue weighted by atomic mass is 15.2. The highest BCUT2D eigenvalue weighted by Gasteiger charge is 2.46. The lowest BCUT2D eigenvalue weighted by Crippen LogP contribution is -2.61. The van der Waals surface area contributed by atoms with Crippen molar-refractivity contribution >= 4 is 96.1 Å². The van der Waals surface area contributed by atoms with Crippen molar-refractivity contribution in [3.63, 3.8) is 0 Å². The maximum atomic E-state index is 10.1. The van der Waals surface area contributed by atoms with Gasteiger partial charge in [0.05, 0.1) is 34.5 Å². The summed E-state index contributed by atoms with van der Waals surface area (Å²) in [6.45, 7) is 33.5. The number of hydrogen-bond donors (Lipinski definition) is 0. The van der Waals surface area contributed by atoms with E-state index < -0.39 is 85.3 Å². The molecule has 18 rings (SSSR count). The van der Waals surface area contributed by atoms with E-state index in [0.717, 1.165) is 123 Å². The van der Waals surface area contributed by atoms with Gasteiger partial charge in [-0.3, -0.25) is 0 Å². The first-order valence-electron chi connectivity index (χ1n) is 46.5. The first kappa shape index (κ1) is 60.2. The standard InChI is InChI=1S/C110H101BN4/c1-106(2,3)82-58-79(59-83(67-82)107(4,5)6)76-49-55-96-100(64-76)114(91-62-77(72-35-21-16-22-36-72)57-78(63-91)73-37-23-17-24-38-73)102-65-81(80-60-84(108(7,8)9)68-85(61-80)109(10,11)12)66-103-104(102)111(96)97-56-54-90(71-101(97)115(103)105-94(74-39-25-18-26-40-74)69-86(110(13,14)15)70-95(105)75-41-27-19-28-42-75)112(87-43-29-20-30-44-87)88-50-52-89(53-51-88)113-98-47-33-31-45-92(98)93-46-32-34-48-99(93)113/h16-71H,1-15H3/i20D,29D,30D,31D,32D,33D,34D,43D,44D,45D,46D,47D,48D. The minimum Gasteiger partial charge on any atom is -0.311 e. The van der Waals surface area contributed by atoms with E-state index in [1.807, 2.05) is 18.2 Å². The van der Waals surface area contributed by atoms with Gasteiger partial charge in [0.2, 0.25) is 0 Å². The molecule has 0 atom stereocenters. The lowest BCUT2D eigenvalue weighted by atomic mass is 9.33. The molecule has 0 N–H and O–H groups in total. The Hall–Kier alpha value is -12.4. The van der Waals surface area contributed by atoms with Crippen LogP contribution >= 0.6 is 0 Å². The van der Waals surface area contributed by atoms with Crippen molar-refractivity contribution in [1.29, 1.82) is 0 Å². The van der Waals surface area contributed by atoms with Crippen LogP contribution in [-0.4, -0.2) is 11.3 Å². The Balaban J connectivity index is 1.02. The van der Waals surface area contributed by atoms with Crippen molar-refractivity contribution in [2.75, 3.05) is 14.7 Å². The molecule has 0 fully saturated rings. The largest absolute Gasteiger partial charge is 0.311 e. The molecule has 0 amide bonds. The van der Waals surface area contributed by atoms with Crippen LogP contribution in [-0.2, 0) is 27.1 Å². The Labute approximate surface area is 700 Å². The summed E-state index contributed by atoms with van der Waals surface area (Å²) in [5.41, 5.74) is 25.3. The van der Waals surface area contributed by atoms with Crippen LogP contribution in [0.3, 0.4) is 0 Å². The molecule has 0 aliphatic carbocycles. The fourth-order valence-electron chi connectivity index (χ4n) is 16.8. The van der Waals surface area contributed by atoms with Gasteiger partial charge in [-0.1, -0.05) is 334 Å². The lowest BCUT2D eigenvalue weighted by molar-refractivity contribution is 0.568. The smallest absolute Gasteiger partial charge is 0.252 e. The monoisotopic (exact) mass is 1500 g/mol. The van der Waals surface area contributed by atoms with E-state index in [0.29, 0.717) is 11.4 Å². The Kier molecular flexibility index (Phi) is 14.8. The molecule has 0 unspecified atom stereocenters. The third-order valence-electron chi connectivity index (χ3n) is 23.2.